The Hall–Kier alpha value is -2.57. The molecule has 20 heavy (non-hydrogen) atoms. The van der Waals surface area contributed by atoms with Gasteiger partial charge in [0, 0.05) is 6.07 Å². The second-order valence-electron chi connectivity index (χ2n) is 4.18. The zero-order valence-corrected chi connectivity index (χ0v) is 10.9. The van der Waals surface area contributed by atoms with Crippen molar-refractivity contribution in [2.75, 3.05) is 0 Å². The number of aryl methyl sites for hydroxylation is 1. The second kappa shape index (κ2) is 5.20. The number of hydrogen-bond donors (Lipinski definition) is 2. The number of hydrogen-bond acceptors (Lipinski definition) is 4. The molecule has 104 valence electrons. The summed E-state index contributed by atoms with van der Waals surface area (Å²) in [4.78, 5) is 0. The molecule has 0 amide bonds. The normalized spacial score (nSPS) is 10.4. The summed E-state index contributed by atoms with van der Waals surface area (Å²) in [5.74, 6) is -2.23. The van der Waals surface area contributed by atoms with Gasteiger partial charge in [0.1, 0.15) is 11.6 Å². The first kappa shape index (κ1) is 13.9. The molecule has 0 atom stereocenters. The molecule has 0 aliphatic rings. The van der Waals surface area contributed by atoms with Crippen LogP contribution in [0.2, 0.25) is 0 Å². The summed E-state index contributed by atoms with van der Waals surface area (Å²) in [5, 5.41) is 15.2. The molecule has 0 saturated carbocycles. The van der Waals surface area contributed by atoms with Gasteiger partial charge in [0.05, 0.1) is 11.3 Å². The molecule has 1 heterocycles. The Bertz CT molecular complexity index is 688. The standard InChI is InChI=1S/C13H12F2N4O/c1-6-7(2)18-19-13(11(6)12(16)17)20-8-3-4-9(14)10(15)5-8/h3-5H,1-2H3,(H3,16,17). The molecule has 3 N–H and O–H groups in total. The van der Waals surface area contributed by atoms with Crippen molar-refractivity contribution in [1.82, 2.24) is 10.2 Å². The van der Waals surface area contributed by atoms with E-state index < -0.39 is 11.6 Å². The van der Waals surface area contributed by atoms with Crippen LogP contribution in [0.25, 0.3) is 0 Å². The van der Waals surface area contributed by atoms with E-state index in [1.54, 1.807) is 13.8 Å². The Morgan fingerprint density at radius 2 is 1.90 bits per heavy atom. The van der Waals surface area contributed by atoms with Crippen molar-refractivity contribution >= 4 is 5.84 Å². The van der Waals surface area contributed by atoms with E-state index in [9.17, 15) is 8.78 Å². The molecule has 0 bridgehead atoms. The van der Waals surface area contributed by atoms with Crippen molar-refractivity contribution < 1.29 is 13.5 Å². The number of nitrogen functional groups attached to an aromatic ring is 1. The average Bonchev–Trinajstić information content (AvgIpc) is 2.38. The predicted octanol–water partition coefficient (Wildman–Crippen LogP) is 2.45. The van der Waals surface area contributed by atoms with Gasteiger partial charge in [-0.1, -0.05) is 0 Å². The van der Waals surface area contributed by atoms with Crippen molar-refractivity contribution in [3.8, 4) is 11.6 Å². The van der Waals surface area contributed by atoms with Crippen LogP contribution >= 0.6 is 0 Å². The minimum atomic E-state index is -1.04. The van der Waals surface area contributed by atoms with E-state index in [-0.39, 0.29) is 23.0 Å². The maximum Gasteiger partial charge on any atom is 0.250 e. The number of benzene rings is 1. The van der Waals surface area contributed by atoms with Crippen molar-refractivity contribution in [3.63, 3.8) is 0 Å². The van der Waals surface area contributed by atoms with Crippen LogP contribution in [0.5, 0.6) is 11.6 Å². The van der Waals surface area contributed by atoms with Crippen LogP contribution in [0.15, 0.2) is 18.2 Å². The minimum absolute atomic E-state index is 0.0217. The van der Waals surface area contributed by atoms with Crippen molar-refractivity contribution in [1.29, 1.82) is 5.41 Å². The Kier molecular flexibility index (Phi) is 3.60. The summed E-state index contributed by atoms with van der Waals surface area (Å²) < 4.78 is 31.3. The molecule has 7 heteroatoms. The second-order valence-corrected chi connectivity index (χ2v) is 4.18. The topological polar surface area (TPSA) is 84.9 Å². The van der Waals surface area contributed by atoms with Crippen molar-refractivity contribution in [3.05, 3.63) is 46.7 Å². The number of nitrogens with zero attached hydrogens (tertiary/aromatic N) is 2. The first-order valence-electron chi connectivity index (χ1n) is 5.71. The fraction of sp³-hybridized carbons (Fsp3) is 0.154. The zero-order chi connectivity index (χ0) is 14.9. The highest BCUT2D eigenvalue weighted by molar-refractivity contribution is 5.98. The lowest BCUT2D eigenvalue weighted by Gasteiger charge is -2.12. The summed E-state index contributed by atoms with van der Waals surface area (Å²) in [6.45, 7) is 3.44. The average molecular weight is 278 g/mol. The molecule has 5 nitrogen and oxygen atoms in total. The third-order valence-corrected chi connectivity index (χ3v) is 2.80. The van der Waals surface area contributed by atoms with E-state index >= 15 is 0 Å². The van der Waals surface area contributed by atoms with Gasteiger partial charge < -0.3 is 10.5 Å². The quantitative estimate of drug-likeness (QED) is 0.667. The zero-order valence-electron chi connectivity index (χ0n) is 10.9. The van der Waals surface area contributed by atoms with E-state index in [1.807, 2.05) is 0 Å². The van der Waals surface area contributed by atoms with Gasteiger partial charge >= 0.3 is 0 Å². The number of nitrogens with one attached hydrogen (secondary N) is 1. The van der Waals surface area contributed by atoms with Crippen LogP contribution in [-0.2, 0) is 0 Å². The number of nitrogens with two attached hydrogens (primary N) is 1. The Morgan fingerprint density at radius 1 is 1.20 bits per heavy atom. The van der Waals surface area contributed by atoms with Crippen LogP contribution in [-0.4, -0.2) is 16.0 Å². The molecule has 0 aliphatic heterocycles. The molecule has 1 aromatic carbocycles. The molecule has 2 aromatic rings. The van der Waals surface area contributed by atoms with Crippen LogP contribution in [0, 0.1) is 30.9 Å². The molecule has 0 radical (unpaired) electrons. The molecule has 1 aromatic heterocycles. The van der Waals surface area contributed by atoms with Gasteiger partial charge in [-0.15, -0.1) is 5.10 Å². The Morgan fingerprint density at radius 3 is 2.50 bits per heavy atom. The summed E-state index contributed by atoms with van der Waals surface area (Å²) in [5.41, 5.74) is 7.02. The van der Waals surface area contributed by atoms with Gasteiger partial charge in [0.25, 0.3) is 0 Å². The lowest BCUT2D eigenvalue weighted by atomic mass is 10.1. The smallest absolute Gasteiger partial charge is 0.250 e. The monoisotopic (exact) mass is 278 g/mol. The van der Waals surface area contributed by atoms with Gasteiger partial charge in [0.15, 0.2) is 11.6 Å². The van der Waals surface area contributed by atoms with Crippen LogP contribution in [0.1, 0.15) is 16.8 Å². The van der Waals surface area contributed by atoms with E-state index in [0.29, 0.717) is 11.3 Å². The van der Waals surface area contributed by atoms with Gasteiger partial charge in [-0.2, -0.15) is 5.10 Å². The molecule has 0 fully saturated rings. The van der Waals surface area contributed by atoms with Crippen molar-refractivity contribution in [2.24, 2.45) is 5.73 Å². The summed E-state index contributed by atoms with van der Waals surface area (Å²) in [6, 6.07) is 3.07. The number of aromatic nitrogens is 2. The molecule has 2 rings (SSSR count). The SMILES string of the molecule is Cc1nnc(Oc2ccc(F)c(F)c2)c(C(=N)N)c1C. The summed E-state index contributed by atoms with van der Waals surface area (Å²) >= 11 is 0. The van der Waals surface area contributed by atoms with Gasteiger partial charge in [-0.3, -0.25) is 5.41 Å². The molecule has 0 saturated heterocycles. The first-order chi connectivity index (χ1) is 9.40. The fourth-order valence-corrected chi connectivity index (χ4v) is 1.63. The third kappa shape index (κ3) is 2.56. The van der Waals surface area contributed by atoms with E-state index in [1.165, 1.54) is 6.07 Å². The Labute approximate surface area is 113 Å². The highest BCUT2D eigenvalue weighted by Crippen LogP contribution is 2.26. The van der Waals surface area contributed by atoms with Gasteiger partial charge in [-0.05, 0) is 31.5 Å². The van der Waals surface area contributed by atoms with Crippen LogP contribution < -0.4 is 10.5 Å². The molecular formula is C13H12F2N4O. The first-order valence-corrected chi connectivity index (χ1v) is 5.71. The van der Waals surface area contributed by atoms with Crippen LogP contribution in [0.3, 0.4) is 0 Å². The highest BCUT2D eigenvalue weighted by Gasteiger charge is 2.16. The predicted molar refractivity (Wildman–Crippen MR) is 69.0 cm³/mol. The van der Waals surface area contributed by atoms with E-state index in [0.717, 1.165) is 12.1 Å². The maximum absolute atomic E-state index is 13.1. The molecule has 0 spiro atoms. The number of ether oxygens (including phenoxy) is 1. The minimum Gasteiger partial charge on any atom is -0.437 e. The van der Waals surface area contributed by atoms with E-state index in [4.69, 9.17) is 15.9 Å². The molecular weight excluding hydrogens is 266 g/mol. The Balaban J connectivity index is 2.45. The van der Waals surface area contributed by atoms with Crippen molar-refractivity contribution in [2.45, 2.75) is 13.8 Å². The number of rotatable bonds is 3. The fourth-order valence-electron chi connectivity index (χ4n) is 1.63. The maximum atomic E-state index is 13.1. The van der Waals surface area contributed by atoms with E-state index in [2.05, 4.69) is 10.2 Å². The largest absolute Gasteiger partial charge is 0.437 e. The lowest BCUT2D eigenvalue weighted by Crippen LogP contribution is -2.16. The lowest BCUT2D eigenvalue weighted by molar-refractivity contribution is 0.439. The van der Waals surface area contributed by atoms with Gasteiger partial charge in [-0.25, -0.2) is 8.78 Å². The van der Waals surface area contributed by atoms with Gasteiger partial charge in [0.2, 0.25) is 5.88 Å². The highest BCUT2D eigenvalue weighted by atomic mass is 19.2. The number of halogens is 2. The summed E-state index contributed by atoms with van der Waals surface area (Å²) in [7, 11) is 0. The van der Waals surface area contributed by atoms with Crippen LogP contribution in [0.4, 0.5) is 8.78 Å². The number of amidine groups is 1. The molecule has 0 aliphatic carbocycles. The summed E-state index contributed by atoms with van der Waals surface area (Å²) in [6.07, 6.45) is 0. The third-order valence-electron chi connectivity index (χ3n) is 2.80. The molecule has 0 unspecified atom stereocenters.